The molecule has 4 atom stereocenters. The number of nitrogens with zero attached hydrogens (tertiary/aromatic N) is 1. The molecule has 4 rings (SSSR count). The van der Waals surface area contributed by atoms with Crippen LogP contribution in [0.4, 0.5) is 0 Å². The molecule has 0 saturated carbocycles. The van der Waals surface area contributed by atoms with Crippen molar-refractivity contribution in [2.75, 3.05) is 32.9 Å². The van der Waals surface area contributed by atoms with Gasteiger partial charge in [-0.25, -0.2) is 0 Å². The van der Waals surface area contributed by atoms with E-state index < -0.39 is 0 Å². The molecule has 0 unspecified atom stereocenters. The highest BCUT2D eigenvalue weighted by Crippen LogP contribution is 2.37. The topological polar surface area (TPSA) is 43.5 Å². The molecule has 0 radical (unpaired) electrons. The van der Waals surface area contributed by atoms with Crippen molar-refractivity contribution in [1.29, 1.82) is 0 Å². The number of epoxide rings is 1. The summed E-state index contributed by atoms with van der Waals surface area (Å²) in [5.74, 6) is 0. The van der Waals surface area contributed by atoms with Crippen LogP contribution in [0.1, 0.15) is 5.56 Å². The zero-order valence-corrected chi connectivity index (χ0v) is 12.0. The van der Waals surface area contributed by atoms with Crippen molar-refractivity contribution in [2.24, 2.45) is 0 Å². The fraction of sp³-hybridized carbons (Fsp3) is 0.625. The summed E-state index contributed by atoms with van der Waals surface area (Å²) >= 11 is 0. The second-order valence-corrected chi connectivity index (χ2v) is 5.78. The Bertz CT molecular complexity index is 463. The van der Waals surface area contributed by atoms with E-state index in [1.165, 1.54) is 0 Å². The van der Waals surface area contributed by atoms with E-state index in [0.29, 0.717) is 19.3 Å². The minimum absolute atomic E-state index is 0.0929. The van der Waals surface area contributed by atoms with Gasteiger partial charge >= 0.3 is 0 Å². The van der Waals surface area contributed by atoms with Crippen molar-refractivity contribution < 1.29 is 18.9 Å². The molecule has 0 bridgehead atoms. The molecule has 0 aliphatic carbocycles. The summed E-state index contributed by atoms with van der Waals surface area (Å²) in [6, 6.07) is 10.5. The van der Waals surface area contributed by atoms with Gasteiger partial charge in [0.1, 0.15) is 12.2 Å². The molecule has 0 aromatic heterocycles. The van der Waals surface area contributed by atoms with Gasteiger partial charge < -0.3 is 18.9 Å². The van der Waals surface area contributed by atoms with E-state index in [1.807, 2.05) is 18.2 Å². The zero-order chi connectivity index (χ0) is 14.1. The minimum Gasteiger partial charge on any atom is -0.379 e. The van der Waals surface area contributed by atoms with Gasteiger partial charge in [0, 0.05) is 13.1 Å². The summed E-state index contributed by atoms with van der Waals surface area (Å²) in [4.78, 5) is 2.42. The van der Waals surface area contributed by atoms with Gasteiger partial charge in [-0.15, -0.1) is 0 Å². The lowest BCUT2D eigenvalue weighted by Crippen LogP contribution is -2.52. The van der Waals surface area contributed by atoms with E-state index in [0.717, 1.165) is 31.9 Å². The van der Waals surface area contributed by atoms with Crippen LogP contribution < -0.4 is 0 Å². The highest BCUT2D eigenvalue weighted by Gasteiger charge is 2.56. The number of hydrogen-bond donors (Lipinski definition) is 0. The van der Waals surface area contributed by atoms with Crippen LogP contribution in [-0.2, 0) is 25.6 Å². The van der Waals surface area contributed by atoms with E-state index >= 15 is 0 Å². The molecular formula is C16H21NO4. The largest absolute Gasteiger partial charge is 0.379 e. The Hall–Kier alpha value is -0.980. The maximum atomic E-state index is 5.89. The van der Waals surface area contributed by atoms with Crippen molar-refractivity contribution in [1.82, 2.24) is 4.90 Å². The predicted octanol–water partition coefficient (Wildman–Crippen LogP) is 1.03. The Labute approximate surface area is 124 Å². The Kier molecular flexibility index (Phi) is 3.92. The van der Waals surface area contributed by atoms with E-state index in [-0.39, 0.29) is 18.5 Å². The molecule has 0 amide bonds. The third-order valence-corrected chi connectivity index (χ3v) is 4.41. The standard InChI is InChI=1S/C16H21NO4/c1-2-4-12(5-3-1)10-19-16-15-14(21-15)13(11-20-16)17-6-8-18-9-7-17/h1-5,13-16H,6-11H2/t13-,14+,15+,16-/m0/s1. The molecule has 0 spiro atoms. The molecule has 21 heavy (non-hydrogen) atoms. The predicted molar refractivity (Wildman–Crippen MR) is 75.8 cm³/mol. The molecule has 3 aliphatic heterocycles. The van der Waals surface area contributed by atoms with Gasteiger partial charge in [0.2, 0.25) is 0 Å². The average Bonchev–Trinajstić information content (AvgIpc) is 3.35. The van der Waals surface area contributed by atoms with E-state index in [2.05, 4.69) is 17.0 Å². The highest BCUT2D eigenvalue weighted by molar-refractivity contribution is 5.13. The summed E-state index contributed by atoms with van der Waals surface area (Å²) in [7, 11) is 0. The molecule has 114 valence electrons. The van der Waals surface area contributed by atoms with Gasteiger partial charge in [-0.3, -0.25) is 4.90 Å². The molecule has 0 N–H and O–H groups in total. The lowest BCUT2D eigenvalue weighted by Gasteiger charge is -2.36. The molecule has 3 heterocycles. The van der Waals surface area contributed by atoms with Crippen molar-refractivity contribution in [3.8, 4) is 0 Å². The molecule has 3 fully saturated rings. The number of fused-ring (bicyclic) bond motifs is 1. The van der Waals surface area contributed by atoms with Crippen LogP contribution in [0.2, 0.25) is 0 Å². The first kappa shape index (κ1) is 13.7. The summed E-state index contributed by atoms with van der Waals surface area (Å²) in [5.41, 5.74) is 1.16. The fourth-order valence-corrected chi connectivity index (χ4v) is 3.17. The number of morpholine rings is 1. The normalized spacial score (nSPS) is 36.2. The second kappa shape index (κ2) is 6.02. The number of hydrogen-bond acceptors (Lipinski definition) is 5. The minimum atomic E-state index is -0.229. The number of benzene rings is 1. The lowest BCUT2D eigenvalue weighted by atomic mass is 10.1. The second-order valence-electron chi connectivity index (χ2n) is 5.78. The maximum absolute atomic E-state index is 5.89. The van der Waals surface area contributed by atoms with Crippen LogP contribution in [-0.4, -0.2) is 62.3 Å². The molecular weight excluding hydrogens is 270 g/mol. The van der Waals surface area contributed by atoms with Crippen LogP contribution in [0.25, 0.3) is 0 Å². The number of ether oxygens (including phenoxy) is 4. The Morgan fingerprint density at radius 1 is 1.10 bits per heavy atom. The van der Waals surface area contributed by atoms with E-state index in [4.69, 9.17) is 18.9 Å². The third-order valence-electron chi connectivity index (χ3n) is 4.41. The van der Waals surface area contributed by atoms with Crippen molar-refractivity contribution in [2.45, 2.75) is 31.1 Å². The first-order valence-corrected chi connectivity index (χ1v) is 7.66. The van der Waals surface area contributed by atoms with Crippen molar-refractivity contribution in [3.63, 3.8) is 0 Å². The van der Waals surface area contributed by atoms with Gasteiger partial charge in [-0.1, -0.05) is 30.3 Å². The quantitative estimate of drug-likeness (QED) is 0.775. The summed E-state index contributed by atoms with van der Waals surface area (Å²) in [6.07, 6.45) is 0.125. The molecule has 5 heteroatoms. The smallest absolute Gasteiger partial charge is 0.186 e. The fourth-order valence-electron chi connectivity index (χ4n) is 3.17. The van der Waals surface area contributed by atoms with E-state index in [1.54, 1.807) is 0 Å². The molecule has 3 aliphatic rings. The van der Waals surface area contributed by atoms with Crippen LogP contribution in [0, 0.1) is 0 Å². The van der Waals surface area contributed by atoms with Crippen molar-refractivity contribution >= 4 is 0 Å². The Morgan fingerprint density at radius 2 is 1.90 bits per heavy atom. The van der Waals surface area contributed by atoms with Crippen molar-refractivity contribution in [3.05, 3.63) is 35.9 Å². The average molecular weight is 291 g/mol. The molecule has 1 aromatic rings. The lowest BCUT2D eigenvalue weighted by molar-refractivity contribution is -0.178. The van der Waals surface area contributed by atoms with Gasteiger partial charge in [0.05, 0.1) is 32.5 Å². The molecule has 3 saturated heterocycles. The third kappa shape index (κ3) is 2.98. The summed E-state index contributed by atoms with van der Waals surface area (Å²) < 4.78 is 23.0. The summed E-state index contributed by atoms with van der Waals surface area (Å²) in [5, 5.41) is 0. The van der Waals surface area contributed by atoms with Gasteiger partial charge in [-0.2, -0.15) is 0 Å². The molecule has 1 aromatic carbocycles. The van der Waals surface area contributed by atoms with Crippen LogP contribution >= 0.6 is 0 Å². The summed E-state index contributed by atoms with van der Waals surface area (Å²) in [6.45, 7) is 4.80. The monoisotopic (exact) mass is 291 g/mol. The van der Waals surface area contributed by atoms with Gasteiger partial charge in [0.25, 0.3) is 0 Å². The van der Waals surface area contributed by atoms with Crippen LogP contribution in [0.15, 0.2) is 30.3 Å². The SMILES string of the molecule is c1ccc(CO[C@H]2OC[C@H](N3CCOCC3)[C@H]3O[C@@H]23)cc1. The first-order valence-electron chi connectivity index (χ1n) is 7.66. The van der Waals surface area contributed by atoms with Gasteiger partial charge in [0.15, 0.2) is 6.29 Å². The maximum Gasteiger partial charge on any atom is 0.186 e. The van der Waals surface area contributed by atoms with Crippen LogP contribution in [0.5, 0.6) is 0 Å². The zero-order valence-electron chi connectivity index (χ0n) is 12.0. The Balaban J connectivity index is 1.29. The Morgan fingerprint density at radius 3 is 2.71 bits per heavy atom. The van der Waals surface area contributed by atoms with E-state index in [9.17, 15) is 0 Å². The number of rotatable bonds is 4. The van der Waals surface area contributed by atoms with Gasteiger partial charge in [-0.05, 0) is 5.56 Å². The highest BCUT2D eigenvalue weighted by atomic mass is 16.7. The molecule has 5 nitrogen and oxygen atoms in total. The first-order chi connectivity index (χ1) is 10.4. The van der Waals surface area contributed by atoms with Crippen LogP contribution in [0.3, 0.4) is 0 Å².